The van der Waals surface area contributed by atoms with E-state index in [0.29, 0.717) is 6.04 Å². The summed E-state index contributed by atoms with van der Waals surface area (Å²) in [6, 6.07) is 8.78. The van der Waals surface area contributed by atoms with Crippen LogP contribution in [0.1, 0.15) is 94.3 Å². The lowest BCUT2D eigenvalue weighted by Gasteiger charge is -2.37. The molecule has 3 fully saturated rings. The Morgan fingerprint density at radius 1 is 0.906 bits per heavy atom. The highest BCUT2D eigenvalue weighted by molar-refractivity contribution is 6.00. The highest BCUT2D eigenvalue weighted by atomic mass is 16.2. The van der Waals surface area contributed by atoms with Gasteiger partial charge >= 0.3 is 0 Å². The molecule has 0 aromatic heterocycles. The lowest BCUT2D eigenvalue weighted by molar-refractivity contribution is -0.126. The molecule has 3 aliphatic rings. The maximum Gasteiger partial charge on any atom is 0.256 e. The molecule has 176 valence electrons. The molecule has 0 spiro atoms. The number of carbonyl (C=O) groups is 2. The van der Waals surface area contributed by atoms with E-state index >= 15 is 0 Å². The van der Waals surface area contributed by atoms with E-state index in [1.54, 1.807) is 0 Å². The summed E-state index contributed by atoms with van der Waals surface area (Å²) >= 11 is 0. The fourth-order valence-electron chi connectivity index (χ4n) is 5.99. The van der Waals surface area contributed by atoms with Gasteiger partial charge in [-0.2, -0.15) is 0 Å². The molecular formula is C27H41N3O2. The SMILES string of the molecule is CCN(C(=O)c1ccccc1N1CCC(NC(=O)C2CCCCC2)CC1)C1CCCCC1. The first-order valence-corrected chi connectivity index (χ1v) is 13.1. The van der Waals surface area contributed by atoms with Crippen LogP contribution in [-0.2, 0) is 4.79 Å². The number of carbonyl (C=O) groups excluding carboxylic acids is 2. The predicted molar refractivity (Wildman–Crippen MR) is 130 cm³/mol. The molecule has 4 rings (SSSR count). The average molecular weight is 440 g/mol. The smallest absolute Gasteiger partial charge is 0.256 e. The third-order valence-electron chi connectivity index (χ3n) is 7.91. The second-order valence-corrected chi connectivity index (χ2v) is 10.0. The lowest BCUT2D eigenvalue weighted by Crippen LogP contribution is -2.47. The number of anilines is 1. The van der Waals surface area contributed by atoms with Crippen LogP contribution in [0.5, 0.6) is 0 Å². The van der Waals surface area contributed by atoms with Crippen LogP contribution in [0.15, 0.2) is 24.3 Å². The second-order valence-electron chi connectivity index (χ2n) is 10.0. The van der Waals surface area contributed by atoms with Gasteiger partial charge in [-0.25, -0.2) is 0 Å². The van der Waals surface area contributed by atoms with Crippen LogP contribution in [0, 0.1) is 5.92 Å². The number of hydrogen-bond donors (Lipinski definition) is 1. The zero-order valence-electron chi connectivity index (χ0n) is 19.9. The summed E-state index contributed by atoms with van der Waals surface area (Å²) in [6.45, 7) is 4.65. The van der Waals surface area contributed by atoms with Crippen LogP contribution in [0.4, 0.5) is 5.69 Å². The Balaban J connectivity index is 1.37. The number of nitrogens with one attached hydrogen (secondary N) is 1. The monoisotopic (exact) mass is 439 g/mol. The molecule has 0 radical (unpaired) electrons. The Bertz CT molecular complexity index is 760. The number of para-hydroxylation sites is 1. The van der Waals surface area contributed by atoms with Crippen molar-refractivity contribution in [3.05, 3.63) is 29.8 Å². The molecule has 0 atom stereocenters. The van der Waals surface area contributed by atoms with Gasteiger partial charge in [0.25, 0.3) is 5.91 Å². The van der Waals surface area contributed by atoms with Crippen molar-refractivity contribution >= 4 is 17.5 Å². The number of amides is 2. The van der Waals surface area contributed by atoms with E-state index in [9.17, 15) is 9.59 Å². The summed E-state index contributed by atoms with van der Waals surface area (Å²) < 4.78 is 0. The van der Waals surface area contributed by atoms with Crippen molar-refractivity contribution in [3.63, 3.8) is 0 Å². The largest absolute Gasteiger partial charge is 0.371 e. The fourth-order valence-corrected chi connectivity index (χ4v) is 5.99. The summed E-state index contributed by atoms with van der Waals surface area (Å²) in [5, 5.41) is 3.33. The molecule has 0 unspecified atom stereocenters. The Morgan fingerprint density at radius 2 is 1.53 bits per heavy atom. The molecule has 2 amide bonds. The van der Waals surface area contributed by atoms with E-state index in [1.807, 2.05) is 18.2 Å². The van der Waals surface area contributed by atoms with Crippen LogP contribution in [0.25, 0.3) is 0 Å². The standard InChI is InChI=1S/C27H41N3O2/c1-2-30(23-13-7-4-8-14-23)27(32)24-15-9-10-16-25(24)29-19-17-22(18-20-29)28-26(31)21-11-5-3-6-12-21/h9-10,15-16,21-23H,2-8,11-14,17-20H2,1H3,(H,28,31). The summed E-state index contributed by atoms with van der Waals surface area (Å²) in [4.78, 5) is 30.7. The maximum atomic E-state index is 13.6. The molecule has 2 saturated carbocycles. The Morgan fingerprint density at radius 3 is 2.19 bits per heavy atom. The predicted octanol–water partition coefficient (Wildman–Crippen LogP) is 5.15. The van der Waals surface area contributed by atoms with Gasteiger partial charge in [-0.15, -0.1) is 0 Å². The van der Waals surface area contributed by atoms with Gasteiger partial charge in [0.2, 0.25) is 5.91 Å². The second kappa shape index (κ2) is 11.2. The minimum atomic E-state index is 0.183. The summed E-state index contributed by atoms with van der Waals surface area (Å²) in [5.41, 5.74) is 1.90. The van der Waals surface area contributed by atoms with Gasteiger partial charge in [-0.3, -0.25) is 9.59 Å². The van der Waals surface area contributed by atoms with Crippen LogP contribution in [0.2, 0.25) is 0 Å². The van der Waals surface area contributed by atoms with Crippen molar-refractivity contribution in [2.45, 2.75) is 96.1 Å². The van der Waals surface area contributed by atoms with E-state index in [4.69, 9.17) is 0 Å². The van der Waals surface area contributed by atoms with Crippen molar-refractivity contribution < 1.29 is 9.59 Å². The molecule has 1 saturated heterocycles. The normalized spacial score (nSPS) is 21.3. The highest BCUT2D eigenvalue weighted by Gasteiger charge is 2.30. The van der Waals surface area contributed by atoms with Crippen LogP contribution in [-0.4, -0.2) is 48.4 Å². The molecule has 5 heteroatoms. The van der Waals surface area contributed by atoms with Crippen LogP contribution in [0.3, 0.4) is 0 Å². The first-order valence-electron chi connectivity index (χ1n) is 13.1. The summed E-state index contributed by atoms with van der Waals surface area (Å²) in [7, 11) is 0. The van der Waals surface area contributed by atoms with Crippen molar-refractivity contribution in [1.29, 1.82) is 0 Å². The van der Waals surface area contributed by atoms with Crippen molar-refractivity contribution in [2.24, 2.45) is 5.92 Å². The van der Waals surface area contributed by atoms with Gasteiger partial charge in [0.1, 0.15) is 0 Å². The number of nitrogens with zero attached hydrogens (tertiary/aromatic N) is 2. The minimum absolute atomic E-state index is 0.183. The van der Waals surface area contributed by atoms with Gasteiger partial charge in [-0.1, -0.05) is 50.7 Å². The van der Waals surface area contributed by atoms with Gasteiger partial charge in [0.15, 0.2) is 0 Å². The molecule has 5 nitrogen and oxygen atoms in total. The topological polar surface area (TPSA) is 52.7 Å². The van der Waals surface area contributed by atoms with E-state index in [-0.39, 0.29) is 23.8 Å². The average Bonchev–Trinajstić information content (AvgIpc) is 2.86. The molecule has 32 heavy (non-hydrogen) atoms. The quantitative estimate of drug-likeness (QED) is 0.667. The van der Waals surface area contributed by atoms with Crippen molar-refractivity contribution in [1.82, 2.24) is 10.2 Å². The third-order valence-corrected chi connectivity index (χ3v) is 7.91. The molecule has 0 bridgehead atoms. The number of benzene rings is 1. The van der Waals surface area contributed by atoms with Gasteiger partial charge in [-0.05, 0) is 57.6 Å². The third kappa shape index (κ3) is 5.47. The molecular weight excluding hydrogens is 398 g/mol. The Labute approximate surface area is 193 Å². The van der Waals surface area contributed by atoms with E-state index < -0.39 is 0 Å². The molecule has 1 N–H and O–H groups in total. The molecule has 1 aromatic carbocycles. The number of rotatable bonds is 6. The highest BCUT2D eigenvalue weighted by Crippen LogP contribution is 2.29. The first-order chi connectivity index (χ1) is 15.7. The Kier molecular flexibility index (Phi) is 8.10. The van der Waals surface area contributed by atoms with Gasteiger partial charge in [0, 0.05) is 43.3 Å². The fraction of sp³-hybridized carbons (Fsp3) is 0.704. The van der Waals surface area contributed by atoms with Gasteiger partial charge in [0.05, 0.1) is 5.56 Å². The van der Waals surface area contributed by atoms with E-state index in [0.717, 1.165) is 69.4 Å². The summed E-state index contributed by atoms with van der Waals surface area (Å²) in [6.07, 6.45) is 13.7. The molecule has 1 heterocycles. The van der Waals surface area contributed by atoms with Gasteiger partial charge < -0.3 is 15.1 Å². The summed E-state index contributed by atoms with van der Waals surface area (Å²) in [5.74, 6) is 0.674. The molecule has 1 aliphatic heterocycles. The van der Waals surface area contributed by atoms with E-state index in [2.05, 4.69) is 28.1 Å². The number of piperidine rings is 1. The Hall–Kier alpha value is -2.04. The van der Waals surface area contributed by atoms with Crippen molar-refractivity contribution in [2.75, 3.05) is 24.5 Å². The van der Waals surface area contributed by atoms with Crippen LogP contribution >= 0.6 is 0 Å². The number of hydrogen-bond acceptors (Lipinski definition) is 3. The maximum absolute atomic E-state index is 13.6. The first kappa shape index (κ1) is 23.1. The van der Waals surface area contributed by atoms with Crippen LogP contribution < -0.4 is 10.2 Å². The molecule has 2 aliphatic carbocycles. The molecule has 1 aromatic rings. The minimum Gasteiger partial charge on any atom is -0.371 e. The zero-order chi connectivity index (χ0) is 22.3. The zero-order valence-corrected chi connectivity index (χ0v) is 19.9. The van der Waals surface area contributed by atoms with E-state index in [1.165, 1.54) is 38.5 Å². The lowest BCUT2D eigenvalue weighted by atomic mass is 9.88. The van der Waals surface area contributed by atoms with Crippen molar-refractivity contribution in [3.8, 4) is 0 Å².